The van der Waals surface area contributed by atoms with Gasteiger partial charge in [0.2, 0.25) is 0 Å². The van der Waals surface area contributed by atoms with Crippen LogP contribution in [0.2, 0.25) is 0 Å². The van der Waals surface area contributed by atoms with Crippen LogP contribution in [0.15, 0.2) is 72.8 Å². The number of fused-ring (bicyclic) bond motifs is 1. The average molecular weight is 456 g/mol. The SMILES string of the molecule is COc1ccc2c(c1)[C@@H](NC(=O)OCc1ccccc1)C[C@@H](c1ccc(C(F)(F)F)cc1)N2. The van der Waals surface area contributed by atoms with Crippen LogP contribution >= 0.6 is 0 Å². The van der Waals surface area contributed by atoms with Gasteiger partial charge in [-0.15, -0.1) is 0 Å². The van der Waals surface area contributed by atoms with Crippen molar-refractivity contribution in [1.29, 1.82) is 0 Å². The first-order valence-electron chi connectivity index (χ1n) is 10.4. The molecule has 1 aliphatic rings. The van der Waals surface area contributed by atoms with Gasteiger partial charge in [-0.3, -0.25) is 0 Å². The largest absolute Gasteiger partial charge is 0.497 e. The van der Waals surface area contributed by atoms with Crippen molar-refractivity contribution in [2.24, 2.45) is 0 Å². The highest BCUT2D eigenvalue weighted by Crippen LogP contribution is 2.41. The number of methoxy groups -OCH3 is 1. The van der Waals surface area contributed by atoms with Crippen molar-refractivity contribution in [3.63, 3.8) is 0 Å². The maximum absolute atomic E-state index is 12.9. The molecule has 0 saturated heterocycles. The van der Waals surface area contributed by atoms with Crippen molar-refractivity contribution in [2.75, 3.05) is 12.4 Å². The summed E-state index contributed by atoms with van der Waals surface area (Å²) in [7, 11) is 1.56. The molecule has 3 aromatic rings. The number of halogens is 3. The lowest BCUT2D eigenvalue weighted by Gasteiger charge is -2.34. The number of amides is 1. The number of carbonyl (C=O) groups excluding carboxylic acids is 1. The second-order valence-corrected chi connectivity index (χ2v) is 7.76. The summed E-state index contributed by atoms with van der Waals surface area (Å²) in [5.41, 5.74) is 2.43. The molecule has 33 heavy (non-hydrogen) atoms. The van der Waals surface area contributed by atoms with Crippen molar-refractivity contribution in [3.05, 3.63) is 95.1 Å². The van der Waals surface area contributed by atoms with Gasteiger partial charge in [-0.25, -0.2) is 4.79 Å². The molecule has 1 amide bonds. The van der Waals surface area contributed by atoms with Gasteiger partial charge in [-0.05, 0) is 47.9 Å². The second-order valence-electron chi connectivity index (χ2n) is 7.76. The summed E-state index contributed by atoms with van der Waals surface area (Å²) in [5, 5.41) is 6.25. The summed E-state index contributed by atoms with van der Waals surface area (Å²) < 4.78 is 49.5. The molecule has 0 fully saturated rings. The van der Waals surface area contributed by atoms with Crippen LogP contribution < -0.4 is 15.4 Å². The third kappa shape index (κ3) is 5.39. The Morgan fingerprint density at radius 2 is 1.79 bits per heavy atom. The van der Waals surface area contributed by atoms with E-state index >= 15 is 0 Å². The van der Waals surface area contributed by atoms with Gasteiger partial charge in [-0.1, -0.05) is 42.5 Å². The number of alkyl halides is 3. The van der Waals surface area contributed by atoms with Crippen molar-refractivity contribution >= 4 is 11.8 Å². The van der Waals surface area contributed by atoms with Gasteiger partial charge in [0, 0.05) is 11.3 Å². The minimum Gasteiger partial charge on any atom is -0.497 e. The fourth-order valence-corrected chi connectivity index (χ4v) is 3.86. The lowest BCUT2D eigenvalue weighted by molar-refractivity contribution is -0.137. The van der Waals surface area contributed by atoms with Crippen molar-refractivity contribution in [2.45, 2.75) is 31.3 Å². The molecule has 2 atom stereocenters. The Balaban J connectivity index is 1.53. The van der Waals surface area contributed by atoms with Gasteiger partial charge in [0.15, 0.2) is 0 Å². The van der Waals surface area contributed by atoms with E-state index in [0.717, 1.165) is 28.9 Å². The molecule has 0 saturated carbocycles. The Morgan fingerprint density at radius 3 is 2.45 bits per heavy atom. The zero-order valence-electron chi connectivity index (χ0n) is 17.9. The van der Waals surface area contributed by atoms with E-state index in [1.54, 1.807) is 13.2 Å². The quantitative estimate of drug-likeness (QED) is 0.477. The van der Waals surface area contributed by atoms with E-state index in [2.05, 4.69) is 10.6 Å². The summed E-state index contributed by atoms with van der Waals surface area (Å²) in [6, 6.07) is 19.1. The Labute approximate surface area is 189 Å². The molecule has 0 radical (unpaired) electrons. The normalized spacial score (nSPS) is 17.5. The molecule has 8 heteroatoms. The van der Waals surface area contributed by atoms with Gasteiger partial charge in [0.05, 0.1) is 24.8 Å². The van der Waals surface area contributed by atoms with E-state index in [1.807, 2.05) is 42.5 Å². The van der Waals surface area contributed by atoms with Gasteiger partial charge in [-0.2, -0.15) is 13.2 Å². The summed E-state index contributed by atoms with van der Waals surface area (Å²) >= 11 is 0. The van der Waals surface area contributed by atoms with E-state index < -0.39 is 23.9 Å². The smallest absolute Gasteiger partial charge is 0.416 e. The molecule has 1 heterocycles. The van der Waals surface area contributed by atoms with E-state index in [0.29, 0.717) is 17.7 Å². The van der Waals surface area contributed by atoms with Gasteiger partial charge >= 0.3 is 12.3 Å². The fourth-order valence-electron chi connectivity index (χ4n) is 3.86. The average Bonchev–Trinajstić information content (AvgIpc) is 2.82. The van der Waals surface area contributed by atoms with Gasteiger partial charge in [0.1, 0.15) is 12.4 Å². The first-order chi connectivity index (χ1) is 15.8. The van der Waals surface area contributed by atoms with Crippen molar-refractivity contribution in [3.8, 4) is 5.75 Å². The topological polar surface area (TPSA) is 59.6 Å². The first-order valence-corrected chi connectivity index (χ1v) is 10.4. The van der Waals surface area contributed by atoms with Crippen LogP contribution in [0.4, 0.5) is 23.7 Å². The number of hydrogen-bond acceptors (Lipinski definition) is 4. The number of nitrogens with one attached hydrogen (secondary N) is 2. The zero-order valence-corrected chi connectivity index (χ0v) is 17.9. The molecule has 2 N–H and O–H groups in total. The highest BCUT2D eigenvalue weighted by Gasteiger charge is 2.32. The Bertz CT molecular complexity index is 1100. The Morgan fingerprint density at radius 1 is 1.06 bits per heavy atom. The van der Waals surface area contributed by atoms with E-state index in [-0.39, 0.29) is 12.6 Å². The molecular formula is C25H23F3N2O3. The van der Waals surface area contributed by atoms with Crippen LogP contribution in [-0.2, 0) is 17.5 Å². The van der Waals surface area contributed by atoms with E-state index in [4.69, 9.17) is 9.47 Å². The molecular weight excluding hydrogens is 433 g/mol. The minimum atomic E-state index is -4.39. The Hall–Kier alpha value is -3.68. The predicted octanol–water partition coefficient (Wildman–Crippen LogP) is 6.24. The molecule has 0 unspecified atom stereocenters. The number of benzene rings is 3. The number of alkyl carbamates (subject to hydrolysis) is 1. The van der Waals surface area contributed by atoms with E-state index in [1.165, 1.54) is 12.1 Å². The molecule has 1 aliphatic heterocycles. The maximum Gasteiger partial charge on any atom is 0.416 e. The predicted molar refractivity (Wildman–Crippen MR) is 118 cm³/mol. The highest BCUT2D eigenvalue weighted by atomic mass is 19.4. The lowest BCUT2D eigenvalue weighted by atomic mass is 9.89. The van der Waals surface area contributed by atoms with Crippen molar-refractivity contribution < 1.29 is 27.4 Å². The molecule has 4 rings (SSSR count). The zero-order chi connectivity index (χ0) is 23.4. The minimum absolute atomic E-state index is 0.130. The lowest BCUT2D eigenvalue weighted by Crippen LogP contribution is -2.34. The first kappa shape index (κ1) is 22.5. The van der Waals surface area contributed by atoms with Gasteiger partial charge in [0.25, 0.3) is 0 Å². The molecule has 0 aliphatic carbocycles. The summed E-state index contributed by atoms with van der Waals surface area (Å²) in [6.45, 7) is 0.130. The molecule has 3 aromatic carbocycles. The number of rotatable bonds is 5. The Kier molecular flexibility index (Phi) is 6.44. The number of hydrogen-bond donors (Lipinski definition) is 2. The number of carbonyl (C=O) groups is 1. The molecule has 172 valence electrons. The fraction of sp³-hybridized carbons (Fsp3) is 0.240. The van der Waals surface area contributed by atoms with Crippen molar-refractivity contribution in [1.82, 2.24) is 5.32 Å². The molecule has 5 nitrogen and oxygen atoms in total. The van der Waals surface area contributed by atoms with Gasteiger partial charge < -0.3 is 20.1 Å². The highest BCUT2D eigenvalue weighted by molar-refractivity contribution is 5.70. The van der Waals surface area contributed by atoms with Crippen LogP contribution in [0.25, 0.3) is 0 Å². The standard InChI is InChI=1S/C25H23F3N2O3/c1-32-19-11-12-21-20(13-19)23(30-24(31)33-15-16-5-3-2-4-6-16)14-22(29-21)17-7-9-18(10-8-17)25(26,27)28/h2-13,22-23,29H,14-15H2,1H3,(H,30,31)/t22-,23-/m0/s1. The monoisotopic (exact) mass is 456 g/mol. The van der Waals surface area contributed by atoms with Crippen LogP contribution in [0, 0.1) is 0 Å². The third-order valence-corrected chi connectivity index (χ3v) is 5.58. The maximum atomic E-state index is 12.9. The summed E-state index contributed by atoms with van der Waals surface area (Å²) in [6.07, 6.45) is -4.55. The number of ether oxygens (including phenoxy) is 2. The van der Waals surface area contributed by atoms with Crippen LogP contribution in [0.1, 0.15) is 40.8 Å². The van der Waals surface area contributed by atoms with Crippen LogP contribution in [0.5, 0.6) is 5.75 Å². The molecule has 0 aromatic heterocycles. The molecule has 0 spiro atoms. The molecule has 0 bridgehead atoms. The van der Waals surface area contributed by atoms with E-state index in [9.17, 15) is 18.0 Å². The van der Waals surface area contributed by atoms with Crippen LogP contribution in [-0.4, -0.2) is 13.2 Å². The van der Waals surface area contributed by atoms with Crippen LogP contribution in [0.3, 0.4) is 0 Å². The summed E-state index contributed by atoms with van der Waals surface area (Å²) in [5.74, 6) is 0.632. The summed E-state index contributed by atoms with van der Waals surface area (Å²) in [4.78, 5) is 12.5. The second kappa shape index (κ2) is 9.44. The third-order valence-electron chi connectivity index (χ3n) is 5.58. The number of anilines is 1.